The Hall–Kier alpha value is -0.760. The van der Waals surface area contributed by atoms with Crippen LogP contribution in [-0.4, -0.2) is 6.29 Å². The van der Waals surface area contributed by atoms with Crippen LogP contribution in [0.1, 0.15) is 35.3 Å². The first-order chi connectivity index (χ1) is 6.65. The predicted octanol–water partition coefficient (Wildman–Crippen LogP) is 3.13. The van der Waals surface area contributed by atoms with Gasteiger partial charge in [0.25, 0.3) is 0 Å². The average molecular weight is 208 g/mol. The van der Waals surface area contributed by atoms with E-state index in [9.17, 15) is 4.79 Å². The van der Waals surface area contributed by atoms with Gasteiger partial charge in [-0.3, -0.25) is 4.79 Å². The molecule has 2 heteroatoms. The predicted molar refractivity (Wildman–Crippen MR) is 63.1 cm³/mol. The summed E-state index contributed by atoms with van der Waals surface area (Å²) in [5.41, 5.74) is 3.11. The molecule has 0 aliphatic carbocycles. The van der Waals surface area contributed by atoms with E-state index in [1.54, 1.807) is 0 Å². The molecule has 0 aromatic heterocycles. The van der Waals surface area contributed by atoms with Gasteiger partial charge < -0.3 is 0 Å². The molecule has 0 radical (unpaired) electrons. The largest absolute Gasteiger partial charge is 0.298 e. The Morgan fingerprint density at radius 3 is 2.43 bits per heavy atom. The van der Waals surface area contributed by atoms with Crippen molar-refractivity contribution in [2.24, 2.45) is 5.92 Å². The highest BCUT2D eigenvalue weighted by Crippen LogP contribution is 2.14. The minimum Gasteiger partial charge on any atom is -0.298 e. The zero-order valence-corrected chi connectivity index (χ0v) is 9.55. The number of carbonyl (C=O) groups is 1. The minimum absolute atomic E-state index is 0.615. The van der Waals surface area contributed by atoms with Gasteiger partial charge in [0.05, 0.1) is 0 Å². The van der Waals surface area contributed by atoms with Gasteiger partial charge in [0.15, 0.2) is 0 Å². The average Bonchev–Trinajstić information content (AvgIpc) is 2.16. The van der Waals surface area contributed by atoms with Crippen LogP contribution in [-0.2, 0) is 12.2 Å². The topological polar surface area (TPSA) is 17.1 Å². The van der Waals surface area contributed by atoms with E-state index in [0.717, 1.165) is 23.8 Å². The van der Waals surface area contributed by atoms with Gasteiger partial charge in [0, 0.05) is 11.3 Å². The molecule has 14 heavy (non-hydrogen) atoms. The third kappa shape index (κ3) is 3.18. The molecule has 0 heterocycles. The zero-order chi connectivity index (χ0) is 10.6. The molecule has 0 atom stereocenters. The summed E-state index contributed by atoms with van der Waals surface area (Å²) >= 11 is 4.22. The first-order valence-electron chi connectivity index (χ1n) is 4.84. The molecule has 1 aromatic rings. The molecule has 0 saturated carbocycles. The fraction of sp³-hybridized carbons (Fsp3) is 0.417. The highest BCUT2D eigenvalue weighted by Gasteiger charge is 2.02. The van der Waals surface area contributed by atoms with Crippen molar-refractivity contribution >= 4 is 18.9 Å². The smallest absolute Gasteiger partial charge is 0.150 e. The second-order valence-electron chi connectivity index (χ2n) is 3.96. The van der Waals surface area contributed by atoms with E-state index < -0.39 is 0 Å². The normalized spacial score (nSPS) is 10.6. The van der Waals surface area contributed by atoms with Crippen LogP contribution < -0.4 is 0 Å². The molecule has 0 unspecified atom stereocenters. The lowest BCUT2D eigenvalue weighted by molar-refractivity contribution is 0.112. The van der Waals surface area contributed by atoms with Crippen molar-refractivity contribution in [3.05, 3.63) is 34.9 Å². The second-order valence-corrected chi connectivity index (χ2v) is 4.27. The molecule has 1 aromatic carbocycles. The van der Waals surface area contributed by atoms with Crippen LogP contribution >= 0.6 is 12.6 Å². The molecule has 0 aliphatic rings. The standard InChI is InChI=1S/C12H16OS/c1-9(2)3-10-4-11(7-13)6-12(5-10)8-14/h4-7,9,14H,3,8H2,1-2H3. The second kappa shape index (κ2) is 5.20. The van der Waals surface area contributed by atoms with Gasteiger partial charge in [0.2, 0.25) is 0 Å². The lowest BCUT2D eigenvalue weighted by Gasteiger charge is -2.07. The van der Waals surface area contributed by atoms with Crippen LogP contribution in [0.3, 0.4) is 0 Å². The lowest BCUT2D eigenvalue weighted by atomic mass is 9.99. The number of hydrogen-bond acceptors (Lipinski definition) is 2. The molecule has 76 valence electrons. The summed E-state index contributed by atoms with van der Waals surface area (Å²) in [5, 5.41) is 0. The van der Waals surface area contributed by atoms with E-state index >= 15 is 0 Å². The lowest BCUT2D eigenvalue weighted by Crippen LogP contribution is -1.96. The van der Waals surface area contributed by atoms with Crippen LogP contribution in [0.4, 0.5) is 0 Å². The van der Waals surface area contributed by atoms with Gasteiger partial charge in [-0.1, -0.05) is 19.9 Å². The van der Waals surface area contributed by atoms with Gasteiger partial charge in [0.1, 0.15) is 6.29 Å². The fourth-order valence-electron chi connectivity index (χ4n) is 1.54. The van der Waals surface area contributed by atoms with Crippen molar-refractivity contribution in [3.63, 3.8) is 0 Å². The van der Waals surface area contributed by atoms with Gasteiger partial charge in [-0.05, 0) is 35.6 Å². The van der Waals surface area contributed by atoms with Crippen molar-refractivity contribution in [1.29, 1.82) is 0 Å². The Bertz CT molecular complexity index is 318. The van der Waals surface area contributed by atoms with E-state index in [2.05, 4.69) is 32.5 Å². The molecule has 1 nitrogen and oxygen atoms in total. The number of rotatable bonds is 4. The number of thiol groups is 1. The van der Waals surface area contributed by atoms with Gasteiger partial charge in [-0.15, -0.1) is 0 Å². The summed E-state index contributed by atoms with van der Waals surface area (Å²) in [6, 6.07) is 5.98. The van der Waals surface area contributed by atoms with Crippen molar-refractivity contribution in [2.75, 3.05) is 0 Å². The fourth-order valence-corrected chi connectivity index (χ4v) is 1.72. The zero-order valence-electron chi connectivity index (χ0n) is 8.66. The highest BCUT2D eigenvalue weighted by molar-refractivity contribution is 7.79. The summed E-state index contributed by atoms with van der Waals surface area (Å²) in [6.07, 6.45) is 1.92. The van der Waals surface area contributed by atoms with Gasteiger partial charge >= 0.3 is 0 Å². The highest BCUT2D eigenvalue weighted by atomic mass is 32.1. The van der Waals surface area contributed by atoms with E-state index in [0.29, 0.717) is 11.7 Å². The van der Waals surface area contributed by atoms with Crippen LogP contribution in [0.2, 0.25) is 0 Å². The Labute approximate surface area is 90.9 Å². The Balaban J connectivity index is 2.98. The third-order valence-corrected chi connectivity index (χ3v) is 2.40. The van der Waals surface area contributed by atoms with E-state index in [1.165, 1.54) is 5.56 Å². The molecule has 0 bridgehead atoms. The summed E-state index contributed by atoms with van der Waals surface area (Å²) in [4.78, 5) is 10.7. The molecule has 1 rings (SSSR count). The maximum atomic E-state index is 10.7. The van der Waals surface area contributed by atoms with Gasteiger partial charge in [-0.2, -0.15) is 12.6 Å². The Morgan fingerprint density at radius 1 is 1.29 bits per heavy atom. The molecular formula is C12H16OS. The molecular weight excluding hydrogens is 192 g/mol. The molecule has 0 spiro atoms. The van der Waals surface area contributed by atoms with E-state index in [-0.39, 0.29) is 0 Å². The van der Waals surface area contributed by atoms with Crippen LogP contribution in [0, 0.1) is 5.92 Å². The van der Waals surface area contributed by atoms with Gasteiger partial charge in [-0.25, -0.2) is 0 Å². The number of hydrogen-bond donors (Lipinski definition) is 1. The summed E-state index contributed by atoms with van der Waals surface area (Å²) < 4.78 is 0. The first kappa shape index (κ1) is 11.3. The van der Waals surface area contributed by atoms with E-state index in [1.807, 2.05) is 12.1 Å². The number of carbonyl (C=O) groups excluding carboxylic acids is 1. The van der Waals surface area contributed by atoms with Crippen molar-refractivity contribution in [1.82, 2.24) is 0 Å². The maximum absolute atomic E-state index is 10.7. The molecule has 0 fully saturated rings. The Morgan fingerprint density at radius 2 is 1.93 bits per heavy atom. The first-order valence-corrected chi connectivity index (χ1v) is 5.48. The molecule has 0 aliphatic heterocycles. The molecule has 0 N–H and O–H groups in total. The third-order valence-electron chi connectivity index (χ3n) is 2.04. The number of benzene rings is 1. The monoisotopic (exact) mass is 208 g/mol. The molecule has 0 saturated heterocycles. The van der Waals surface area contributed by atoms with E-state index in [4.69, 9.17) is 0 Å². The molecule has 0 amide bonds. The van der Waals surface area contributed by atoms with Crippen molar-refractivity contribution in [3.8, 4) is 0 Å². The quantitative estimate of drug-likeness (QED) is 0.594. The van der Waals surface area contributed by atoms with Crippen LogP contribution in [0.15, 0.2) is 18.2 Å². The number of aldehydes is 1. The summed E-state index contributed by atoms with van der Waals surface area (Å²) in [5.74, 6) is 1.30. The van der Waals surface area contributed by atoms with Crippen LogP contribution in [0.25, 0.3) is 0 Å². The Kier molecular flexibility index (Phi) is 4.21. The maximum Gasteiger partial charge on any atom is 0.150 e. The minimum atomic E-state index is 0.615. The summed E-state index contributed by atoms with van der Waals surface area (Å²) in [6.45, 7) is 4.35. The summed E-state index contributed by atoms with van der Waals surface area (Å²) in [7, 11) is 0. The van der Waals surface area contributed by atoms with Crippen LogP contribution in [0.5, 0.6) is 0 Å². The van der Waals surface area contributed by atoms with Crippen molar-refractivity contribution in [2.45, 2.75) is 26.0 Å². The SMILES string of the molecule is CC(C)Cc1cc(C=O)cc(CS)c1. The van der Waals surface area contributed by atoms with Crippen molar-refractivity contribution < 1.29 is 4.79 Å².